The Labute approximate surface area is 151 Å². The smallest absolute Gasteiger partial charge is 0.118 e. The van der Waals surface area contributed by atoms with Crippen LogP contribution in [-0.4, -0.2) is 30.7 Å². The summed E-state index contributed by atoms with van der Waals surface area (Å²) in [4.78, 5) is 2.19. The zero-order chi connectivity index (χ0) is 16.8. The van der Waals surface area contributed by atoms with E-state index in [1.807, 2.05) is 26.0 Å². The fraction of sp³-hybridized carbons (Fsp3) is 0.400. The fourth-order valence-electron chi connectivity index (χ4n) is 2.65. The van der Waals surface area contributed by atoms with E-state index in [2.05, 4.69) is 49.3 Å². The van der Waals surface area contributed by atoms with Crippen molar-refractivity contribution in [3.63, 3.8) is 0 Å². The van der Waals surface area contributed by atoms with Crippen LogP contribution in [0.5, 0.6) is 5.75 Å². The number of phenols is 1. The molecule has 0 bridgehead atoms. The third kappa shape index (κ3) is 5.52. The van der Waals surface area contributed by atoms with E-state index in [0.717, 1.165) is 24.2 Å². The average Bonchev–Trinajstić information content (AvgIpc) is 2.54. The Morgan fingerprint density at radius 1 is 1.04 bits per heavy atom. The van der Waals surface area contributed by atoms with Crippen LogP contribution >= 0.6 is 12.4 Å². The van der Waals surface area contributed by atoms with E-state index < -0.39 is 0 Å². The van der Waals surface area contributed by atoms with Crippen molar-refractivity contribution in [1.29, 1.82) is 0 Å². The van der Waals surface area contributed by atoms with Crippen LogP contribution in [0.25, 0.3) is 0 Å². The van der Waals surface area contributed by atoms with Gasteiger partial charge in [-0.2, -0.15) is 0 Å². The van der Waals surface area contributed by atoms with E-state index in [0.29, 0.717) is 12.4 Å². The molecule has 2 aromatic rings. The van der Waals surface area contributed by atoms with Crippen LogP contribution in [0, 0.1) is 6.92 Å². The van der Waals surface area contributed by atoms with Gasteiger partial charge in [-0.3, -0.25) is 0 Å². The minimum atomic E-state index is 0. The third-order valence-corrected chi connectivity index (χ3v) is 4.17. The van der Waals surface area contributed by atoms with Crippen LogP contribution in [-0.2, 0) is 17.8 Å². The van der Waals surface area contributed by atoms with E-state index in [9.17, 15) is 5.11 Å². The maximum Gasteiger partial charge on any atom is 0.118 e. The number of rotatable bonds is 7. The zero-order valence-electron chi connectivity index (χ0n) is 15.0. The molecule has 1 N–H and O–H groups in total. The first-order chi connectivity index (χ1) is 11.0. The predicted molar refractivity (Wildman–Crippen MR) is 102 cm³/mol. The lowest BCUT2D eigenvalue weighted by atomic mass is 9.96. The third-order valence-electron chi connectivity index (χ3n) is 4.17. The molecule has 0 heterocycles. The van der Waals surface area contributed by atoms with Crippen LogP contribution in [0.1, 0.15) is 35.2 Å². The topological polar surface area (TPSA) is 32.7 Å². The highest BCUT2D eigenvalue weighted by Gasteiger charge is 2.16. The average molecular weight is 350 g/mol. The molecule has 0 amide bonds. The molecule has 0 saturated carbocycles. The van der Waals surface area contributed by atoms with Crippen LogP contribution in [0.4, 0.5) is 0 Å². The van der Waals surface area contributed by atoms with Gasteiger partial charge in [0.25, 0.3) is 0 Å². The zero-order valence-corrected chi connectivity index (χ0v) is 15.8. The highest BCUT2D eigenvalue weighted by Crippen LogP contribution is 2.27. The van der Waals surface area contributed by atoms with Gasteiger partial charge in [0.15, 0.2) is 0 Å². The molecular formula is C20H28ClNO2. The number of aryl methyl sites for hydroxylation is 1. The minimum Gasteiger partial charge on any atom is -0.508 e. The maximum absolute atomic E-state index is 9.98. The van der Waals surface area contributed by atoms with Crippen LogP contribution in [0.2, 0.25) is 0 Å². The molecule has 132 valence electrons. The van der Waals surface area contributed by atoms with Gasteiger partial charge in [0, 0.05) is 12.6 Å². The summed E-state index contributed by atoms with van der Waals surface area (Å²) in [7, 11) is 4.15. The summed E-state index contributed by atoms with van der Waals surface area (Å²) in [5.74, 6) is 0.362. The molecule has 0 fully saturated rings. The van der Waals surface area contributed by atoms with Gasteiger partial charge < -0.3 is 14.7 Å². The molecule has 24 heavy (non-hydrogen) atoms. The molecule has 1 unspecified atom stereocenters. The van der Waals surface area contributed by atoms with Crippen molar-refractivity contribution < 1.29 is 9.84 Å². The molecule has 4 heteroatoms. The monoisotopic (exact) mass is 349 g/mol. The largest absolute Gasteiger partial charge is 0.508 e. The number of hydrogen-bond acceptors (Lipinski definition) is 3. The van der Waals surface area contributed by atoms with Crippen molar-refractivity contribution in [1.82, 2.24) is 4.90 Å². The maximum atomic E-state index is 9.98. The van der Waals surface area contributed by atoms with Crippen molar-refractivity contribution in [3.8, 4) is 5.75 Å². The number of aromatic hydroxyl groups is 1. The number of ether oxygens (including phenoxy) is 1. The summed E-state index contributed by atoms with van der Waals surface area (Å²) in [6.45, 7) is 5.33. The van der Waals surface area contributed by atoms with Gasteiger partial charge in [0.1, 0.15) is 5.75 Å². The lowest BCUT2D eigenvalue weighted by Gasteiger charge is -2.25. The second-order valence-corrected chi connectivity index (χ2v) is 6.18. The first kappa shape index (κ1) is 20.5. The number of benzene rings is 2. The Balaban J connectivity index is 0.00000288. The Morgan fingerprint density at radius 3 is 2.21 bits per heavy atom. The quantitative estimate of drug-likeness (QED) is 0.798. The highest BCUT2D eigenvalue weighted by molar-refractivity contribution is 5.85. The van der Waals surface area contributed by atoms with Gasteiger partial charge in [-0.25, -0.2) is 0 Å². The SMILES string of the molecule is CCOCc1ccc(CC(c2ccc(C)c(O)c2)N(C)C)cc1.Cl. The van der Waals surface area contributed by atoms with Gasteiger partial charge in [0.2, 0.25) is 0 Å². The van der Waals surface area contributed by atoms with Crippen LogP contribution in [0.15, 0.2) is 42.5 Å². The Bertz CT molecular complexity index is 626. The number of phenolic OH excluding ortho intramolecular Hbond substituents is 1. The molecule has 2 aromatic carbocycles. The van der Waals surface area contributed by atoms with Gasteiger partial charge in [-0.1, -0.05) is 36.4 Å². The minimum absolute atomic E-state index is 0. The summed E-state index contributed by atoms with van der Waals surface area (Å²) in [6.07, 6.45) is 0.907. The van der Waals surface area contributed by atoms with E-state index in [4.69, 9.17) is 4.74 Å². The first-order valence-corrected chi connectivity index (χ1v) is 8.12. The fourth-order valence-corrected chi connectivity index (χ4v) is 2.65. The van der Waals surface area contributed by atoms with E-state index >= 15 is 0 Å². The highest BCUT2D eigenvalue weighted by atomic mass is 35.5. The number of nitrogens with zero attached hydrogens (tertiary/aromatic N) is 1. The van der Waals surface area contributed by atoms with Crippen molar-refractivity contribution in [2.24, 2.45) is 0 Å². The van der Waals surface area contributed by atoms with Gasteiger partial charge in [-0.05, 0) is 62.7 Å². The number of halogens is 1. The lowest BCUT2D eigenvalue weighted by molar-refractivity contribution is 0.134. The van der Waals surface area contributed by atoms with Crippen LogP contribution < -0.4 is 0 Å². The molecule has 2 rings (SSSR count). The van der Waals surface area contributed by atoms with E-state index in [1.54, 1.807) is 0 Å². The van der Waals surface area contributed by atoms with E-state index in [1.165, 1.54) is 11.1 Å². The summed E-state index contributed by atoms with van der Waals surface area (Å²) in [6, 6.07) is 14.8. The van der Waals surface area contributed by atoms with Crippen molar-refractivity contribution in [3.05, 3.63) is 64.7 Å². The Kier molecular flexibility index (Phi) is 8.26. The first-order valence-electron chi connectivity index (χ1n) is 8.12. The number of likely N-dealkylation sites (N-methyl/N-ethyl adjacent to an activating group) is 1. The summed E-state index contributed by atoms with van der Waals surface area (Å²) >= 11 is 0. The van der Waals surface area contributed by atoms with Crippen LogP contribution in [0.3, 0.4) is 0 Å². The molecule has 0 spiro atoms. The molecule has 0 aromatic heterocycles. The van der Waals surface area contributed by atoms with Gasteiger partial charge in [-0.15, -0.1) is 12.4 Å². The van der Waals surface area contributed by atoms with Crippen molar-refractivity contribution >= 4 is 12.4 Å². The molecule has 0 aliphatic rings. The standard InChI is InChI=1S/C20H27NO2.ClH/c1-5-23-14-17-9-7-16(8-10-17)12-19(21(3)4)18-11-6-15(2)20(22)13-18;/h6-11,13,19,22H,5,12,14H2,1-4H3;1H. The number of hydrogen-bond donors (Lipinski definition) is 1. The molecule has 0 radical (unpaired) electrons. The predicted octanol–water partition coefficient (Wildman–Crippen LogP) is 4.50. The summed E-state index contributed by atoms with van der Waals surface area (Å²) in [5.41, 5.74) is 4.53. The Morgan fingerprint density at radius 2 is 1.67 bits per heavy atom. The second kappa shape index (κ2) is 9.67. The lowest BCUT2D eigenvalue weighted by Crippen LogP contribution is -2.22. The second-order valence-electron chi connectivity index (χ2n) is 6.18. The molecule has 3 nitrogen and oxygen atoms in total. The molecule has 0 saturated heterocycles. The normalized spacial score (nSPS) is 12.0. The van der Waals surface area contributed by atoms with Gasteiger partial charge >= 0.3 is 0 Å². The molecule has 0 aliphatic heterocycles. The molecular weight excluding hydrogens is 322 g/mol. The van der Waals surface area contributed by atoms with Gasteiger partial charge in [0.05, 0.1) is 6.61 Å². The van der Waals surface area contributed by atoms with E-state index in [-0.39, 0.29) is 18.4 Å². The van der Waals surface area contributed by atoms with Crippen molar-refractivity contribution in [2.75, 3.05) is 20.7 Å². The Hall–Kier alpha value is -1.55. The molecule has 1 atom stereocenters. The summed E-state index contributed by atoms with van der Waals surface area (Å²) in [5, 5.41) is 9.98. The summed E-state index contributed by atoms with van der Waals surface area (Å²) < 4.78 is 5.44. The van der Waals surface area contributed by atoms with Crippen molar-refractivity contribution in [2.45, 2.75) is 32.9 Å². The molecule has 0 aliphatic carbocycles.